The number of aliphatic hydroxyl groups excluding tert-OH is 1. The number of nitrogens with two attached hydrogens (primary N) is 1. The standard InChI is InChI=1S/C24H26Cl2N6O/c1-13-9-16-17(29-11-13)10-24(21(16)27)4-7-32(8-5-24)23-18(12-33)31-20(14(2)30-23)15-3-6-28-22(26)19(15)25/h3,6,9,11,21,33H,4-5,7-8,10,12,27H2,1-2H3/t21-/m1/s1. The second-order valence-corrected chi connectivity index (χ2v) is 9.84. The molecule has 0 unspecified atom stereocenters. The van der Waals surface area contributed by atoms with Crippen molar-refractivity contribution in [2.24, 2.45) is 11.1 Å². The number of nitrogens with zero attached hydrogens (tertiary/aromatic N) is 5. The summed E-state index contributed by atoms with van der Waals surface area (Å²) in [5.74, 6) is 0.711. The molecule has 7 nitrogen and oxygen atoms in total. The average molecular weight is 485 g/mol. The lowest BCUT2D eigenvalue weighted by molar-refractivity contribution is 0.186. The summed E-state index contributed by atoms with van der Waals surface area (Å²) in [6, 6.07) is 3.93. The Hall–Kier alpha value is -2.32. The molecule has 1 aliphatic heterocycles. The van der Waals surface area contributed by atoms with Crippen LogP contribution in [-0.2, 0) is 13.0 Å². The SMILES string of the molecule is Cc1cnc2c(c1)[C@@H](N)C1(CCN(c3nc(C)c(-c4ccnc(Cl)c4Cl)nc3CO)CC1)C2. The number of halogens is 2. The van der Waals surface area contributed by atoms with Crippen LogP contribution in [0.1, 0.15) is 47.1 Å². The molecule has 4 heterocycles. The summed E-state index contributed by atoms with van der Waals surface area (Å²) in [7, 11) is 0. The highest BCUT2D eigenvalue weighted by atomic mass is 35.5. The van der Waals surface area contributed by atoms with Gasteiger partial charge in [0, 0.05) is 42.8 Å². The van der Waals surface area contributed by atoms with Crippen LogP contribution >= 0.6 is 23.2 Å². The van der Waals surface area contributed by atoms with Crippen LogP contribution in [-0.4, -0.2) is 38.1 Å². The van der Waals surface area contributed by atoms with Crippen LogP contribution in [0, 0.1) is 19.3 Å². The van der Waals surface area contributed by atoms with Gasteiger partial charge in [0.15, 0.2) is 5.82 Å². The molecule has 3 aromatic rings. The Balaban J connectivity index is 1.41. The first kappa shape index (κ1) is 22.5. The number of fused-ring (bicyclic) bond motifs is 1. The predicted octanol–water partition coefficient (Wildman–Crippen LogP) is 4.19. The maximum absolute atomic E-state index is 10.1. The third kappa shape index (κ3) is 3.77. The molecule has 1 saturated heterocycles. The minimum atomic E-state index is -0.220. The molecule has 0 radical (unpaired) electrons. The number of anilines is 1. The fraction of sp³-hybridized carbons (Fsp3) is 0.417. The molecule has 1 spiro atoms. The van der Waals surface area contributed by atoms with E-state index in [-0.39, 0.29) is 23.2 Å². The highest BCUT2D eigenvalue weighted by Gasteiger charge is 2.47. The van der Waals surface area contributed by atoms with Gasteiger partial charge in [-0.2, -0.15) is 0 Å². The van der Waals surface area contributed by atoms with E-state index in [0.717, 1.165) is 49.3 Å². The zero-order chi connectivity index (χ0) is 23.3. The molecule has 9 heteroatoms. The van der Waals surface area contributed by atoms with Gasteiger partial charge in [0.2, 0.25) is 0 Å². The van der Waals surface area contributed by atoms with Crippen molar-refractivity contribution in [2.75, 3.05) is 18.0 Å². The molecular formula is C24H26Cl2N6O. The summed E-state index contributed by atoms with van der Waals surface area (Å²) < 4.78 is 0. The third-order valence-corrected chi connectivity index (χ3v) is 7.85. The van der Waals surface area contributed by atoms with Crippen LogP contribution in [0.25, 0.3) is 11.3 Å². The lowest BCUT2D eigenvalue weighted by atomic mass is 9.73. The Morgan fingerprint density at radius 3 is 2.67 bits per heavy atom. The van der Waals surface area contributed by atoms with Crippen LogP contribution in [0.3, 0.4) is 0 Å². The Morgan fingerprint density at radius 2 is 1.94 bits per heavy atom. The third-order valence-electron chi connectivity index (χ3n) is 7.09. The lowest BCUT2D eigenvalue weighted by Gasteiger charge is -2.42. The number of hydrogen-bond donors (Lipinski definition) is 2. The molecule has 0 aromatic carbocycles. The van der Waals surface area contributed by atoms with Gasteiger partial charge in [0.1, 0.15) is 10.8 Å². The van der Waals surface area contributed by atoms with Crippen molar-refractivity contribution >= 4 is 29.0 Å². The molecule has 33 heavy (non-hydrogen) atoms. The van der Waals surface area contributed by atoms with Crippen LogP contribution in [0.15, 0.2) is 24.5 Å². The number of aromatic nitrogens is 4. The van der Waals surface area contributed by atoms with Crippen molar-refractivity contribution in [3.05, 3.63) is 62.9 Å². The fourth-order valence-corrected chi connectivity index (χ4v) is 5.58. The molecule has 0 bridgehead atoms. The van der Waals surface area contributed by atoms with E-state index in [1.807, 2.05) is 13.1 Å². The van der Waals surface area contributed by atoms with E-state index in [4.69, 9.17) is 38.9 Å². The van der Waals surface area contributed by atoms with Crippen LogP contribution in [0.4, 0.5) is 5.82 Å². The van der Waals surface area contributed by atoms with Crippen molar-refractivity contribution in [3.8, 4) is 11.3 Å². The van der Waals surface area contributed by atoms with Crippen LogP contribution in [0.5, 0.6) is 0 Å². The van der Waals surface area contributed by atoms with Gasteiger partial charge in [-0.1, -0.05) is 29.3 Å². The Morgan fingerprint density at radius 1 is 1.18 bits per heavy atom. The van der Waals surface area contributed by atoms with Crippen LogP contribution < -0.4 is 10.6 Å². The second kappa shape index (κ2) is 8.47. The van der Waals surface area contributed by atoms with Crippen LogP contribution in [0.2, 0.25) is 10.2 Å². The molecule has 0 amide bonds. The molecule has 3 N–H and O–H groups in total. The normalized spacial score (nSPS) is 19.2. The summed E-state index contributed by atoms with van der Waals surface area (Å²) >= 11 is 12.5. The van der Waals surface area contributed by atoms with E-state index in [2.05, 4.69) is 27.9 Å². The smallest absolute Gasteiger partial charge is 0.153 e. The van der Waals surface area contributed by atoms with Gasteiger partial charge in [-0.05, 0) is 55.7 Å². The monoisotopic (exact) mass is 484 g/mol. The van der Waals surface area contributed by atoms with E-state index in [1.165, 1.54) is 5.56 Å². The molecule has 1 aliphatic carbocycles. The van der Waals surface area contributed by atoms with E-state index in [1.54, 1.807) is 12.3 Å². The molecule has 2 aliphatic rings. The molecule has 0 saturated carbocycles. The number of aliphatic hydroxyl groups is 1. The summed E-state index contributed by atoms with van der Waals surface area (Å²) in [6.07, 6.45) is 6.29. The average Bonchev–Trinajstić information content (AvgIpc) is 3.07. The maximum atomic E-state index is 10.1. The number of piperidine rings is 1. The van der Waals surface area contributed by atoms with Crippen molar-refractivity contribution in [3.63, 3.8) is 0 Å². The molecule has 1 fully saturated rings. The van der Waals surface area contributed by atoms with E-state index in [0.29, 0.717) is 27.8 Å². The van der Waals surface area contributed by atoms with Crippen molar-refractivity contribution in [1.82, 2.24) is 19.9 Å². The number of hydrogen-bond acceptors (Lipinski definition) is 7. The number of rotatable bonds is 3. The highest BCUT2D eigenvalue weighted by molar-refractivity contribution is 6.42. The van der Waals surface area contributed by atoms with E-state index in [9.17, 15) is 5.11 Å². The zero-order valence-electron chi connectivity index (χ0n) is 18.6. The summed E-state index contributed by atoms with van der Waals surface area (Å²) in [5.41, 5.74) is 12.7. The van der Waals surface area contributed by atoms with Gasteiger partial charge in [0.05, 0.1) is 23.0 Å². The molecule has 5 rings (SSSR count). The van der Waals surface area contributed by atoms with Gasteiger partial charge in [0.25, 0.3) is 0 Å². The number of aryl methyl sites for hydroxylation is 2. The van der Waals surface area contributed by atoms with Crippen molar-refractivity contribution < 1.29 is 5.11 Å². The first-order valence-corrected chi connectivity index (χ1v) is 11.8. The first-order valence-electron chi connectivity index (χ1n) is 11.1. The lowest BCUT2D eigenvalue weighted by Crippen LogP contribution is -2.45. The number of pyridine rings is 2. The summed E-state index contributed by atoms with van der Waals surface area (Å²) in [4.78, 5) is 20.4. The molecular weight excluding hydrogens is 459 g/mol. The maximum Gasteiger partial charge on any atom is 0.153 e. The predicted molar refractivity (Wildman–Crippen MR) is 129 cm³/mol. The van der Waals surface area contributed by atoms with E-state index < -0.39 is 0 Å². The summed E-state index contributed by atoms with van der Waals surface area (Å²) in [5, 5.41) is 10.6. The van der Waals surface area contributed by atoms with Gasteiger partial charge in [-0.15, -0.1) is 0 Å². The summed E-state index contributed by atoms with van der Waals surface area (Å²) in [6.45, 7) is 5.32. The van der Waals surface area contributed by atoms with Gasteiger partial charge in [-0.3, -0.25) is 4.98 Å². The van der Waals surface area contributed by atoms with Gasteiger partial charge in [-0.25, -0.2) is 15.0 Å². The minimum Gasteiger partial charge on any atom is -0.390 e. The van der Waals surface area contributed by atoms with Crippen molar-refractivity contribution in [2.45, 2.75) is 45.8 Å². The van der Waals surface area contributed by atoms with Crippen molar-refractivity contribution in [1.29, 1.82) is 0 Å². The molecule has 1 atom stereocenters. The Labute approximate surface area is 203 Å². The quantitative estimate of drug-likeness (QED) is 0.537. The first-order chi connectivity index (χ1) is 15.8. The molecule has 3 aromatic heterocycles. The largest absolute Gasteiger partial charge is 0.390 e. The van der Waals surface area contributed by atoms with Gasteiger partial charge < -0.3 is 15.7 Å². The Kier molecular flexibility index (Phi) is 5.77. The Bertz CT molecular complexity index is 1230. The highest BCUT2D eigenvalue weighted by Crippen LogP contribution is 2.50. The fourth-order valence-electron chi connectivity index (χ4n) is 5.22. The second-order valence-electron chi connectivity index (χ2n) is 9.10. The molecule has 172 valence electrons. The van der Waals surface area contributed by atoms with E-state index >= 15 is 0 Å². The zero-order valence-corrected chi connectivity index (χ0v) is 20.2. The van der Waals surface area contributed by atoms with Gasteiger partial charge >= 0.3 is 0 Å². The minimum absolute atomic E-state index is 0.00635. The topological polar surface area (TPSA) is 101 Å².